The molecule has 3 aromatic rings. The highest BCUT2D eigenvalue weighted by atomic mass is 32.2. The molecule has 2 N–H and O–H groups in total. The second kappa shape index (κ2) is 8.71. The third kappa shape index (κ3) is 4.80. The molecule has 0 saturated heterocycles. The molecule has 0 spiro atoms. The number of benzene rings is 2. The molecule has 3 rings (SSSR count). The van der Waals surface area contributed by atoms with Crippen LogP contribution in [0, 0.1) is 6.92 Å². The first-order valence-corrected chi connectivity index (χ1v) is 11.8. The van der Waals surface area contributed by atoms with Gasteiger partial charge in [0.05, 0.1) is 26.7 Å². The maximum absolute atomic E-state index is 12.4. The molecule has 0 atom stereocenters. The molecule has 9 heteroatoms. The van der Waals surface area contributed by atoms with E-state index in [2.05, 4.69) is 29.5 Å². The number of carbonyl (C=O) groups is 1. The van der Waals surface area contributed by atoms with Crippen LogP contribution < -0.4 is 10.6 Å². The van der Waals surface area contributed by atoms with Gasteiger partial charge in [-0.15, -0.1) is 11.3 Å². The summed E-state index contributed by atoms with van der Waals surface area (Å²) in [5.41, 5.74) is 2.84. The highest BCUT2D eigenvalue weighted by molar-refractivity contribution is 7.89. The van der Waals surface area contributed by atoms with Crippen LogP contribution in [-0.4, -0.2) is 44.3 Å². The van der Waals surface area contributed by atoms with Gasteiger partial charge in [-0.2, -0.15) is 0 Å². The third-order valence-corrected chi connectivity index (χ3v) is 7.86. The molecular weight excluding hydrogens is 420 g/mol. The summed E-state index contributed by atoms with van der Waals surface area (Å²) in [6.45, 7) is 6.01. The van der Waals surface area contributed by atoms with E-state index in [1.165, 1.54) is 20.2 Å². The van der Waals surface area contributed by atoms with Gasteiger partial charge in [-0.25, -0.2) is 17.7 Å². The lowest BCUT2D eigenvalue weighted by molar-refractivity contribution is -0.114. The highest BCUT2D eigenvalue weighted by Gasteiger charge is 2.20. The number of thiazole rings is 1. The normalized spacial score (nSPS) is 12.0. The summed E-state index contributed by atoms with van der Waals surface area (Å²) in [7, 11) is -0.624. The van der Waals surface area contributed by atoms with Crippen LogP contribution in [-0.2, 0) is 14.8 Å². The van der Waals surface area contributed by atoms with Gasteiger partial charge >= 0.3 is 0 Å². The molecule has 0 saturated carbocycles. The number of hydrogen-bond acceptors (Lipinski definition) is 6. The lowest BCUT2D eigenvalue weighted by Crippen LogP contribution is -2.24. The molecule has 160 valence electrons. The Morgan fingerprint density at radius 3 is 2.50 bits per heavy atom. The molecule has 0 aliphatic carbocycles. The second-order valence-corrected chi connectivity index (χ2v) is 10.7. The van der Waals surface area contributed by atoms with Gasteiger partial charge in [-0.3, -0.25) is 4.79 Å². The number of nitrogens with one attached hydrogen (secondary N) is 2. The molecule has 30 heavy (non-hydrogen) atoms. The number of aryl methyl sites for hydroxylation is 1. The summed E-state index contributed by atoms with van der Waals surface area (Å²) >= 11 is 1.65. The van der Waals surface area contributed by atoms with Crippen molar-refractivity contribution in [3.05, 3.63) is 47.0 Å². The van der Waals surface area contributed by atoms with Crippen LogP contribution in [0.4, 0.5) is 11.4 Å². The Balaban J connectivity index is 1.68. The summed E-state index contributed by atoms with van der Waals surface area (Å²) < 4.78 is 27.1. The van der Waals surface area contributed by atoms with Gasteiger partial charge in [0.25, 0.3) is 0 Å². The molecule has 0 bridgehead atoms. The predicted octanol–water partition coefficient (Wildman–Crippen LogP) is 4.03. The van der Waals surface area contributed by atoms with E-state index >= 15 is 0 Å². The standard InChI is InChI=1S/C21H26N4O3S2/c1-13(2)21-24-17-9-8-15(10-18(17)29-21)22-12-20(26)23-16-7-6-14(3)19(11-16)30(27,28)25(4)5/h6-11,13,22H,12H2,1-5H3,(H,23,26). The number of aromatic nitrogens is 1. The summed E-state index contributed by atoms with van der Waals surface area (Å²) in [6.07, 6.45) is 0. The number of anilines is 2. The Bertz CT molecular complexity index is 1180. The minimum absolute atomic E-state index is 0.0605. The van der Waals surface area contributed by atoms with E-state index in [0.29, 0.717) is 17.2 Å². The van der Waals surface area contributed by atoms with E-state index in [0.717, 1.165) is 25.2 Å². The Hall–Kier alpha value is -2.49. The largest absolute Gasteiger partial charge is 0.376 e. The molecule has 2 aromatic carbocycles. The van der Waals surface area contributed by atoms with Crippen molar-refractivity contribution in [2.45, 2.75) is 31.6 Å². The number of fused-ring (bicyclic) bond motifs is 1. The molecule has 1 aromatic heterocycles. The first-order chi connectivity index (χ1) is 14.1. The van der Waals surface area contributed by atoms with Crippen LogP contribution in [0.15, 0.2) is 41.3 Å². The van der Waals surface area contributed by atoms with Gasteiger partial charge in [0, 0.05) is 31.4 Å². The van der Waals surface area contributed by atoms with E-state index in [-0.39, 0.29) is 17.3 Å². The van der Waals surface area contributed by atoms with Gasteiger partial charge in [-0.05, 0) is 42.8 Å². The Kier molecular flexibility index (Phi) is 6.44. The smallest absolute Gasteiger partial charge is 0.243 e. The number of nitrogens with zero attached hydrogens (tertiary/aromatic N) is 2. The SMILES string of the molecule is Cc1ccc(NC(=O)CNc2ccc3nc(C(C)C)sc3c2)cc1S(=O)(=O)N(C)C. The quantitative estimate of drug-likeness (QED) is 0.572. The molecule has 1 amide bonds. The Morgan fingerprint density at radius 2 is 1.83 bits per heavy atom. The topological polar surface area (TPSA) is 91.4 Å². The molecule has 0 fully saturated rings. The van der Waals surface area contributed by atoms with E-state index < -0.39 is 10.0 Å². The zero-order valence-corrected chi connectivity index (χ0v) is 19.3. The van der Waals surface area contributed by atoms with Gasteiger partial charge < -0.3 is 10.6 Å². The second-order valence-electron chi connectivity index (χ2n) is 7.56. The number of carbonyl (C=O) groups excluding carboxylic acids is 1. The molecule has 1 heterocycles. The van der Waals surface area contributed by atoms with Crippen LogP contribution in [0.1, 0.15) is 30.3 Å². The molecule has 7 nitrogen and oxygen atoms in total. The number of amides is 1. The maximum Gasteiger partial charge on any atom is 0.243 e. The van der Waals surface area contributed by atoms with E-state index in [9.17, 15) is 13.2 Å². The lowest BCUT2D eigenvalue weighted by atomic mass is 10.2. The predicted molar refractivity (Wildman–Crippen MR) is 123 cm³/mol. The van der Waals surface area contributed by atoms with Gasteiger partial charge in [0.1, 0.15) is 0 Å². The van der Waals surface area contributed by atoms with Gasteiger partial charge in [0.15, 0.2) is 0 Å². The van der Waals surface area contributed by atoms with Crippen molar-refractivity contribution >= 4 is 48.9 Å². The summed E-state index contributed by atoms with van der Waals surface area (Å²) in [4.78, 5) is 17.2. The summed E-state index contributed by atoms with van der Waals surface area (Å²) in [5.74, 6) is 0.111. The number of sulfonamides is 1. The summed E-state index contributed by atoms with van der Waals surface area (Å²) in [6, 6.07) is 10.7. The van der Waals surface area contributed by atoms with Crippen molar-refractivity contribution < 1.29 is 13.2 Å². The van der Waals surface area contributed by atoms with Gasteiger partial charge in [-0.1, -0.05) is 19.9 Å². The average molecular weight is 447 g/mol. The van der Waals surface area contributed by atoms with Crippen LogP contribution in [0.25, 0.3) is 10.2 Å². The monoisotopic (exact) mass is 446 g/mol. The average Bonchev–Trinajstić information content (AvgIpc) is 3.11. The van der Waals surface area contributed by atoms with Crippen molar-refractivity contribution in [3.63, 3.8) is 0 Å². The first-order valence-electron chi connectivity index (χ1n) is 9.55. The van der Waals surface area contributed by atoms with Gasteiger partial charge in [0.2, 0.25) is 15.9 Å². The minimum Gasteiger partial charge on any atom is -0.376 e. The van der Waals surface area contributed by atoms with Crippen LogP contribution in [0.3, 0.4) is 0 Å². The van der Waals surface area contributed by atoms with Crippen molar-refractivity contribution in [3.8, 4) is 0 Å². The molecule has 0 aliphatic heterocycles. The zero-order valence-electron chi connectivity index (χ0n) is 17.7. The van der Waals surface area contributed by atoms with Crippen LogP contribution in [0.5, 0.6) is 0 Å². The fourth-order valence-corrected chi connectivity index (χ4v) is 4.99. The third-order valence-electron chi connectivity index (χ3n) is 4.58. The first kappa shape index (κ1) is 22.2. The minimum atomic E-state index is -3.58. The fourth-order valence-electron chi connectivity index (χ4n) is 2.84. The Morgan fingerprint density at radius 1 is 1.13 bits per heavy atom. The number of rotatable bonds is 7. The highest BCUT2D eigenvalue weighted by Crippen LogP contribution is 2.29. The van der Waals surface area contributed by atoms with E-state index in [1.807, 2.05) is 18.2 Å². The maximum atomic E-state index is 12.4. The fraction of sp³-hybridized carbons (Fsp3) is 0.333. The van der Waals surface area contributed by atoms with E-state index in [4.69, 9.17) is 0 Å². The zero-order chi connectivity index (χ0) is 22.1. The molecule has 0 aliphatic rings. The lowest BCUT2D eigenvalue weighted by Gasteiger charge is -2.15. The summed E-state index contributed by atoms with van der Waals surface area (Å²) in [5, 5.41) is 6.95. The van der Waals surface area contributed by atoms with Crippen molar-refractivity contribution in [1.82, 2.24) is 9.29 Å². The number of hydrogen-bond donors (Lipinski definition) is 2. The molecule has 0 unspecified atom stereocenters. The molecular formula is C21H26N4O3S2. The molecule has 0 radical (unpaired) electrons. The van der Waals surface area contributed by atoms with Crippen molar-refractivity contribution in [2.24, 2.45) is 0 Å². The van der Waals surface area contributed by atoms with Crippen LogP contribution >= 0.6 is 11.3 Å². The van der Waals surface area contributed by atoms with E-state index in [1.54, 1.807) is 30.4 Å². The van der Waals surface area contributed by atoms with Crippen molar-refractivity contribution in [1.29, 1.82) is 0 Å². The van der Waals surface area contributed by atoms with Crippen LogP contribution in [0.2, 0.25) is 0 Å². The van der Waals surface area contributed by atoms with Crippen molar-refractivity contribution in [2.75, 3.05) is 31.3 Å². The Labute approximate surface area is 181 Å².